The third-order valence-electron chi connectivity index (χ3n) is 4.96. The summed E-state index contributed by atoms with van der Waals surface area (Å²) in [5.74, 6) is 0.688. The number of aromatic nitrogens is 2. The molecule has 1 saturated heterocycles. The van der Waals surface area contributed by atoms with E-state index in [1.165, 1.54) is 5.56 Å². The predicted octanol–water partition coefficient (Wildman–Crippen LogP) is 4.33. The lowest BCUT2D eigenvalue weighted by Gasteiger charge is -2.25. The van der Waals surface area contributed by atoms with Gasteiger partial charge in [0, 0.05) is 6.54 Å². The minimum Gasteiger partial charge on any atom is -0.361 e. The highest BCUT2D eigenvalue weighted by Crippen LogP contribution is 2.33. The molecular weight excluding hydrogens is 326 g/mol. The van der Waals surface area contributed by atoms with Crippen LogP contribution in [0.25, 0.3) is 11.3 Å². The van der Waals surface area contributed by atoms with Gasteiger partial charge in [-0.25, -0.2) is 4.98 Å². The summed E-state index contributed by atoms with van der Waals surface area (Å²) in [7, 11) is 0. The third kappa shape index (κ3) is 2.90. The summed E-state index contributed by atoms with van der Waals surface area (Å²) in [5.41, 5.74) is 4.01. The minimum atomic E-state index is -0.0232. The molecule has 5 heteroatoms. The molecule has 0 aliphatic carbocycles. The average Bonchev–Trinajstić information content (AvgIpc) is 3.29. The first-order valence-electron chi connectivity index (χ1n) is 8.91. The van der Waals surface area contributed by atoms with Gasteiger partial charge in [0.05, 0.1) is 23.0 Å². The number of aryl methyl sites for hydroxylation is 2. The lowest BCUT2D eigenvalue weighted by Crippen LogP contribution is -2.31. The van der Waals surface area contributed by atoms with Crippen molar-refractivity contribution in [1.29, 1.82) is 0 Å². The lowest BCUT2D eigenvalue weighted by atomic mass is 10.0. The first kappa shape index (κ1) is 16.5. The number of carbonyl (C=O) groups excluding carboxylic acids is 1. The van der Waals surface area contributed by atoms with Gasteiger partial charge in [-0.15, -0.1) is 0 Å². The quantitative estimate of drug-likeness (QED) is 0.707. The molecule has 2 aromatic heterocycles. The summed E-state index contributed by atoms with van der Waals surface area (Å²) < 4.78 is 5.24. The van der Waals surface area contributed by atoms with E-state index in [4.69, 9.17) is 4.52 Å². The molecule has 0 spiro atoms. The Morgan fingerprint density at radius 2 is 1.92 bits per heavy atom. The van der Waals surface area contributed by atoms with Crippen LogP contribution in [0.3, 0.4) is 0 Å². The van der Waals surface area contributed by atoms with Gasteiger partial charge in [-0.2, -0.15) is 0 Å². The molecule has 1 aliphatic heterocycles. The number of hydrogen-bond donors (Lipinski definition) is 0. The summed E-state index contributed by atoms with van der Waals surface area (Å²) in [6, 6.07) is 15.9. The number of likely N-dealkylation sites (tertiary alicyclic amines) is 1. The monoisotopic (exact) mass is 347 g/mol. The van der Waals surface area contributed by atoms with Crippen molar-refractivity contribution in [1.82, 2.24) is 15.0 Å². The van der Waals surface area contributed by atoms with Crippen LogP contribution in [-0.4, -0.2) is 27.5 Å². The Morgan fingerprint density at radius 3 is 2.65 bits per heavy atom. The highest BCUT2D eigenvalue weighted by atomic mass is 16.5. The topological polar surface area (TPSA) is 59.2 Å². The van der Waals surface area contributed by atoms with Crippen molar-refractivity contribution in [2.24, 2.45) is 0 Å². The number of amides is 1. The number of carbonyl (C=O) groups is 1. The van der Waals surface area contributed by atoms with E-state index in [-0.39, 0.29) is 11.9 Å². The second-order valence-electron chi connectivity index (χ2n) is 6.67. The molecule has 1 aromatic carbocycles. The molecule has 0 unspecified atom stereocenters. The van der Waals surface area contributed by atoms with E-state index in [0.717, 1.165) is 36.3 Å². The van der Waals surface area contributed by atoms with Crippen LogP contribution in [0.15, 0.2) is 53.1 Å². The van der Waals surface area contributed by atoms with E-state index in [9.17, 15) is 4.79 Å². The number of pyridine rings is 1. The summed E-state index contributed by atoms with van der Waals surface area (Å²) >= 11 is 0. The Morgan fingerprint density at radius 1 is 1.12 bits per heavy atom. The van der Waals surface area contributed by atoms with Crippen molar-refractivity contribution in [3.8, 4) is 11.3 Å². The lowest BCUT2D eigenvalue weighted by molar-refractivity contribution is 0.0730. The van der Waals surface area contributed by atoms with Crippen molar-refractivity contribution in [2.45, 2.75) is 32.7 Å². The Balaban J connectivity index is 1.65. The maximum Gasteiger partial charge on any atom is 0.272 e. The number of nitrogens with zero attached hydrogens (tertiary/aromatic N) is 3. The van der Waals surface area contributed by atoms with Crippen LogP contribution >= 0.6 is 0 Å². The highest BCUT2D eigenvalue weighted by molar-refractivity contribution is 5.93. The first-order chi connectivity index (χ1) is 12.6. The van der Waals surface area contributed by atoms with E-state index in [1.54, 1.807) is 6.07 Å². The molecule has 1 atom stereocenters. The first-order valence-corrected chi connectivity index (χ1v) is 8.91. The summed E-state index contributed by atoms with van der Waals surface area (Å²) in [6.07, 6.45) is 1.99. The van der Waals surface area contributed by atoms with Crippen LogP contribution in [0, 0.1) is 13.8 Å². The van der Waals surface area contributed by atoms with E-state index < -0.39 is 0 Å². The Bertz CT molecular complexity index is 914. The molecule has 1 fully saturated rings. The van der Waals surface area contributed by atoms with Crippen LogP contribution in [0.2, 0.25) is 0 Å². The molecule has 0 bridgehead atoms. The summed E-state index contributed by atoms with van der Waals surface area (Å²) in [6.45, 7) is 4.50. The molecule has 26 heavy (non-hydrogen) atoms. The van der Waals surface area contributed by atoms with Gasteiger partial charge in [-0.05, 0) is 44.4 Å². The van der Waals surface area contributed by atoms with Crippen LogP contribution < -0.4 is 0 Å². The molecular formula is C21H21N3O2. The van der Waals surface area contributed by atoms with Gasteiger partial charge in [0.2, 0.25) is 0 Å². The van der Waals surface area contributed by atoms with E-state index in [1.807, 2.05) is 49.1 Å². The molecule has 3 aromatic rings. The molecule has 1 aliphatic rings. The van der Waals surface area contributed by atoms with E-state index >= 15 is 0 Å². The van der Waals surface area contributed by atoms with Gasteiger partial charge in [-0.1, -0.05) is 41.6 Å². The van der Waals surface area contributed by atoms with Gasteiger partial charge in [0.1, 0.15) is 11.5 Å². The molecule has 0 N–H and O–H groups in total. The highest BCUT2D eigenvalue weighted by Gasteiger charge is 2.31. The van der Waals surface area contributed by atoms with E-state index in [2.05, 4.69) is 22.3 Å². The Labute approximate surface area is 152 Å². The molecule has 5 nitrogen and oxygen atoms in total. The second-order valence-corrected chi connectivity index (χ2v) is 6.67. The van der Waals surface area contributed by atoms with Crippen molar-refractivity contribution in [3.63, 3.8) is 0 Å². The summed E-state index contributed by atoms with van der Waals surface area (Å²) in [4.78, 5) is 19.7. The third-order valence-corrected chi connectivity index (χ3v) is 4.96. The normalized spacial score (nSPS) is 16.8. The zero-order valence-electron chi connectivity index (χ0n) is 15.0. The zero-order chi connectivity index (χ0) is 18.1. The van der Waals surface area contributed by atoms with Crippen molar-refractivity contribution in [3.05, 3.63) is 71.2 Å². The smallest absolute Gasteiger partial charge is 0.272 e. The Hall–Kier alpha value is -2.95. The number of rotatable bonds is 3. The van der Waals surface area contributed by atoms with E-state index in [0.29, 0.717) is 11.5 Å². The molecule has 0 radical (unpaired) electrons. The van der Waals surface area contributed by atoms with Gasteiger partial charge in [-0.3, -0.25) is 4.79 Å². The van der Waals surface area contributed by atoms with Gasteiger partial charge in [0.15, 0.2) is 0 Å². The van der Waals surface area contributed by atoms with Crippen molar-refractivity contribution in [2.75, 3.05) is 6.54 Å². The maximum absolute atomic E-state index is 13.1. The SMILES string of the molecule is Cc1noc(C)c1-c1cccc(C(=O)N2CCC[C@@H]2c2ccccc2)n1. The van der Waals surface area contributed by atoms with Gasteiger partial charge < -0.3 is 9.42 Å². The predicted molar refractivity (Wildman–Crippen MR) is 98.7 cm³/mol. The molecule has 132 valence electrons. The van der Waals surface area contributed by atoms with Crippen LogP contribution in [0.4, 0.5) is 0 Å². The van der Waals surface area contributed by atoms with Crippen LogP contribution in [-0.2, 0) is 0 Å². The van der Waals surface area contributed by atoms with Gasteiger partial charge in [0.25, 0.3) is 5.91 Å². The second kappa shape index (κ2) is 6.75. The molecule has 0 saturated carbocycles. The standard InChI is InChI=1S/C21H21N3O2/c1-14-20(15(2)26-23-14)17-10-6-11-18(22-17)21(25)24-13-7-12-19(24)16-8-4-3-5-9-16/h3-6,8-11,19H,7,12-13H2,1-2H3/t19-/m1/s1. The zero-order valence-corrected chi connectivity index (χ0v) is 15.0. The average molecular weight is 347 g/mol. The van der Waals surface area contributed by atoms with Crippen molar-refractivity contribution >= 4 is 5.91 Å². The minimum absolute atomic E-state index is 0.0232. The summed E-state index contributed by atoms with van der Waals surface area (Å²) in [5, 5.41) is 3.99. The van der Waals surface area contributed by atoms with Crippen LogP contribution in [0.5, 0.6) is 0 Å². The fourth-order valence-corrected chi connectivity index (χ4v) is 3.72. The van der Waals surface area contributed by atoms with Gasteiger partial charge >= 0.3 is 0 Å². The fraction of sp³-hybridized carbons (Fsp3) is 0.286. The largest absolute Gasteiger partial charge is 0.361 e. The number of benzene rings is 1. The molecule has 3 heterocycles. The maximum atomic E-state index is 13.1. The fourth-order valence-electron chi connectivity index (χ4n) is 3.72. The molecule has 1 amide bonds. The molecule has 4 rings (SSSR count). The number of hydrogen-bond acceptors (Lipinski definition) is 4. The van der Waals surface area contributed by atoms with Crippen molar-refractivity contribution < 1.29 is 9.32 Å². The van der Waals surface area contributed by atoms with Crippen LogP contribution in [0.1, 0.15) is 46.4 Å². The Kier molecular flexibility index (Phi) is 4.29.